The lowest BCUT2D eigenvalue weighted by Crippen LogP contribution is -2.14. The summed E-state index contributed by atoms with van der Waals surface area (Å²) in [7, 11) is 0. The van der Waals surface area contributed by atoms with Crippen LogP contribution in [0.1, 0.15) is 18.1 Å². The van der Waals surface area contributed by atoms with Crippen LogP contribution >= 0.6 is 0 Å². The fraction of sp³-hybridized carbons (Fsp3) is 0.105. The van der Waals surface area contributed by atoms with Crippen molar-refractivity contribution in [2.24, 2.45) is 0 Å². The summed E-state index contributed by atoms with van der Waals surface area (Å²) in [5, 5.41) is 4.78. The molecule has 0 saturated carbocycles. The molecule has 0 fully saturated rings. The van der Waals surface area contributed by atoms with Gasteiger partial charge in [-0.15, -0.1) is 0 Å². The van der Waals surface area contributed by atoms with E-state index in [1.807, 2.05) is 12.2 Å². The van der Waals surface area contributed by atoms with Crippen molar-refractivity contribution in [3.63, 3.8) is 0 Å². The average molecular weight is 274 g/mol. The molecule has 21 heavy (non-hydrogen) atoms. The van der Waals surface area contributed by atoms with Gasteiger partial charge in [-0.3, -0.25) is 4.79 Å². The highest BCUT2D eigenvalue weighted by molar-refractivity contribution is 5.97. The normalized spacial score (nSPS) is 14.8. The molecular formula is C19H14O2. The smallest absolute Gasteiger partial charge is 0.308 e. The van der Waals surface area contributed by atoms with E-state index in [4.69, 9.17) is 4.74 Å². The van der Waals surface area contributed by atoms with Gasteiger partial charge in [0.1, 0.15) is 5.76 Å². The van der Waals surface area contributed by atoms with Crippen molar-refractivity contribution >= 4 is 34.7 Å². The van der Waals surface area contributed by atoms with Crippen molar-refractivity contribution in [3.8, 4) is 0 Å². The second-order valence-corrected chi connectivity index (χ2v) is 5.35. The summed E-state index contributed by atoms with van der Waals surface area (Å²) >= 11 is 0. The zero-order valence-electron chi connectivity index (χ0n) is 11.7. The minimum Gasteiger partial charge on any atom is -0.426 e. The fourth-order valence-corrected chi connectivity index (χ4v) is 3.14. The first-order chi connectivity index (χ1) is 10.2. The van der Waals surface area contributed by atoms with E-state index in [1.165, 1.54) is 28.5 Å². The summed E-state index contributed by atoms with van der Waals surface area (Å²) in [5.41, 5.74) is 2.51. The summed E-state index contributed by atoms with van der Waals surface area (Å²) in [5.74, 6) is 0.358. The molecule has 2 aliphatic rings. The van der Waals surface area contributed by atoms with Crippen LogP contribution in [0.15, 0.2) is 42.5 Å². The van der Waals surface area contributed by atoms with E-state index < -0.39 is 0 Å². The average Bonchev–Trinajstić information content (AvgIpc) is 2.89. The Morgan fingerprint density at radius 3 is 2.81 bits per heavy atom. The highest BCUT2D eigenvalue weighted by Crippen LogP contribution is 2.24. The summed E-state index contributed by atoms with van der Waals surface area (Å²) in [4.78, 5) is 11.2. The number of benzene rings is 2. The van der Waals surface area contributed by atoms with Crippen LogP contribution in [0.25, 0.3) is 28.7 Å². The lowest BCUT2D eigenvalue weighted by atomic mass is 9.94. The lowest BCUT2D eigenvalue weighted by molar-refractivity contribution is -0.134. The number of rotatable bonds is 1. The molecule has 0 N–H and O–H groups in total. The second kappa shape index (κ2) is 4.45. The molecule has 0 aromatic heterocycles. The maximum absolute atomic E-state index is 11.2. The van der Waals surface area contributed by atoms with Crippen LogP contribution in [0.2, 0.25) is 0 Å². The Morgan fingerprint density at radius 2 is 1.95 bits per heavy atom. The number of allylic oxidation sites excluding steroid dienone is 2. The van der Waals surface area contributed by atoms with Crippen LogP contribution in [-0.4, -0.2) is 5.97 Å². The SMILES string of the molecule is CC(=O)OC1=c2ccc3c4c(ccc3c2C=C1)=CC=CC4. The molecule has 0 saturated heterocycles. The number of ether oxygens (including phenoxy) is 1. The van der Waals surface area contributed by atoms with Crippen molar-refractivity contribution < 1.29 is 9.53 Å². The number of fused-ring (bicyclic) bond motifs is 5. The highest BCUT2D eigenvalue weighted by atomic mass is 16.5. The van der Waals surface area contributed by atoms with E-state index >= 15 is 0 Å². The van der Waals surface area contributed by atoms with E-state index in [0.717, 1.165) is 17.2 Å². The molecule has 0 heterocycles. The number of esters is 1. The van der Waals surface area contributed by atoms with E-state index in [0.29, 0.717) is 5.76 Å². The van der Waals surface area contributed by atoms with E-state index in [1.54, 1.807) is 0 Å². The molecule has 0 radical (unpaired) electrons. The zero-order valence-corrected chi connectivity index (χ0v) is 11.7. The van der Waals surface area contributed by atoms with Crippen molar-refractivity contribution in [2.75, 3.05) is 0 Å². The molecule has 4 rings (SSSR count). The van der Waals surface area contributed by atoms with Crippen LogP contribution in [0.5, 0.6) is 0 Å². The Bertz CT molecular complexity index is 959. The Kier molecular flexibility index (Phi) is 2.58. The zero-order chi connectivity index (χ0) is 14.4. The number of carbonyl (C=O) groups is 1. The van der Waals surface area contributed by atoms with E-state index in [9.17, 15) is 4.79 Å². The highest BCUT2D eigenvalue weighted by Gasteiger charge is 2.13. The fourth-order valence-electron chi connectivity index (χ4n) is 3.14. The van der Waals surface area contributed by atoms with Gasteiger partial charge in [-0.2, -0.15) is 0 Å². The van der Waals surface area contributed by atoms with Crippen LogP contribution in [0.3, 0.4) is 0 Å². The van der Waals surface area contributed by atoms with Crippen LogP contribution in [0.4, 0.5) is 0 Å². The molecule has 0 aliphatic heterocycles. The van der Waals surface area contributed by atoms with Crippen LogP contribution in [-0.2, 0) is 16.0 Å². The number of hydrogen-bond acceptors (Lipinski definition) is 2. The third-order valence-corrected chi connectivity index (χ3v) is 4.04. The number of hydrogen-bond donors (Lipinski definition) is 0. The Morgan fingerprint density at radius 1 is 1.10 bits per heavy atom. The third kappa shape index (κ3) is 1.83. The predicted molar refractivity (Wildman–Crippen MR) is 84.7 cm³/mol. The summed E-state index contributed by atoms with van der Waals surface area (Å²) in [6.07, 6.45) is 11.3. The molecule has 2 aromatic carbocycles. The molecule has 2 heteroatoms. The van der Waals surface area contributed by atoms with E-state index in [2.05, 4.69) is 42.5 Å². The van der Waals surface area contributed by atoms with Crippen molar-refractivity contribution in [2.45, 2.75) is 13.3 Å². The van der Waals surface area contributed by atoms with Gasteiger partial charge in [0.05, 0.1) is 0 Å². The molecule has 0 unspecified atom stereocenters. The molecule has 0 amide bonds. The molecule has 102 valence electrons. The molecule has 0 spiro atoms. The minimum atomic E-state index is -0.284. The first-order valence-electron chi connectivity index (χ1n) is 7.06. The Hall–Kier alpha value is -2.61. The maximum atomic E-state index is 11.2. The van der Waals surface area contributed by atoms with Gasteiger partial charge < -0.3 is 4.74 Å². The van der Waals surface area contributed by atoms with Crippen LogP contribution < -0.4 is 10.4 Å². The third-order valence-electron chi connectivity index (χ3n) is 4.04. The van der Waals surface area contributed by atoms with Gasteiger partial charge in [0.2, 0.25) is 0 Å². The molecule has 2 nitrogen and oxygen atoms in total. The summed E-state index contributed by atoms with van der Waals surface area (Å²) in [6.45, 7) is 1.43. The van der Waals surface area contributed by atoms with Gasteiger partial charge in [0.25, 0.3) is 0 Å². The second-order valence-electron chi connectivity index (χ2n) is 5.35. The number of carbonyl (C=O) groups excluding carboxylic acids is 1. The topological polar surface area (TPSA) is 26.3 Å². The Labute approximate surface area is 122 Å². The van der Waals surface area contributed by atoms with Crippen molar-refractivity contribution in [1.82, 2.24) is 0 Å². The molecule has 0 bridgehead atoms. The largest absolute Gasteiger partial charge is 0.426 e. The Balaban J connectivity index is 2.04. The molecule has 2 aromatic rings. The standard InChI is InChI=1S/C19H14O2/c1-12(20)21-19-11-10-17-16-7-6-13-4-2-3-5-14(13)15(16)8-9-18(17)19/h2-4,6-11H,5H2,1H3. The monoisotopic (exact) mass is 274 g/mol. The summed E-state index contributed by atoms with van der Waals surface area (Å²) < 4.78 is 5.27. The maximum Gasteiger partial charge on any atom is 0.308 e. The van der Waals surface area contributed by atoms with Gasteiger partial charge in [-0.1, -0.05) is 36.4 Å². The van der Waals surface area contributed by atoms with E-state index in [-0.39, 0.29) is 5.97 Å². The first kappa shape index (κ1) is 12.2. The lowest BCUT2D eigenvalue weighted by Gasteiger charge is -2.10. The molecular weight excluding hydrogens is 260 g/mol. The van der Waals surface area contributed by atoms with Gasteiger partial charge in [0.15, 0.2) is 0 Å². The van der Waals surface area contributed by atoms with Crippen molar-refractivity contribution in [1.29, 1.82) is 0 Å². The summed E-state index contributed by atoms with van der Waals surface area (Å²) in [6, 6.07) is 8.51. The van der Waals surface area contributed by atoms with Crippen LogP contribution in [0, 0.1) is 0 Å². The van der Waals surface area contributed by atoms with Gasteiger partial charge in [0, 0.05) is 12.1 Å². The van der Waals surface area contributed by atoms with Gasteiger partial charge in [-0.05, 0) is 51.8 Å². The van der Waals surface area contributed by atoms with Crippen molar-refractivity contribution in [3.05, 3.63) is 64.1 Å². The first-order valence-corrected chi connectivity index (χ1v) is 7.06. The molecule has 0 atom stereocenters. The molecule has 2 aliphatic carbocycles. The minimum absolute atomic E-state index is 0.284. The van der Waals surface area contributed by atoms with Gasteiger partial charge >= 0.3 is 5.97 Å². The quantitative estimate of drug-likeness (QED) is 0.747. The van der Waals surface area contributed by atoms with Gasteiger partial charge in [-0.25, -0.2) is 0 Å². The predicted octanol–water partition coefficient (Wildman–Crippen LogP) is 2.43.